The Morgan fingerprint density at radius 2 is 0.658 bits per heavy atom. The maximum atomic E-state index is 14.3. The number of nitrogens with one attached hydrogen (secondary N) is 4. The molecule has 149 heavy (non-hydrogen) atoms. The number of aliphatic carboxylic acids is 4. The second-order valence-corrected chi connectivity index (χ2v) is 42.4. The van der Waals surface area contributed by atoms with Crippen molar-refractivity contribution in [3.8, 4) is 0 Å². The summed E-state index contributed by atoms with van der Waals surface area (Å²) in [5.74, 6) is -1.86. The second kappa shape index (κ2) is 54.2. The molecule has 12 aliphatic rings. The molecule has 1 aromatic carbocycles. The summed E-state index contributed by atoms with van der Waals surface area (Å²) in [4.78, 5) is 89.0. The van der Waals surface area contributed by atoms with Crippen LogP contribution in [0.2, 0.25) is 0 Å². The normalized spacial score (nSPS) is 23.0. The number of benzene rings is 1. The minimum atomic E-state index is -1.00. The van der Waals surface area contributed by atoms with Crippen molar-refractivity contribution >= 4 is 47.1 Å². The van der Waals surface area contributed by atoms with Gasteiger partial charge in [-0.1, -0.05) is 30.3 Å². The number of hydrogen-bond acceptors (Lipinski definition) is 27. The van der Waals surface area contributed by atoms with Gasteiger partial charge in [-0.2, -0.15) is 0 Å². The van der Waals surface area contributed by atoms with Gasteiger partial charge in [-0.3, -0.25) is 53.7 Å². The van der Waals surface area contributed by atoms with Crippen molar-refractivity contribution in [2.24, 2.45) is 0 Å². The molecule has 0 radical (unpaired) electrons. The van der Waals surface area contributed by atoms with E-state index in [-0.39, 0.29) is 54.4 Å². The molecule has 8 aromatic rings. The van der Waals surface area contributed by atoms with Crippen molar-refractivity contribution in [2.45, 2.75) is 317 Å². The smallest absolute Gasteiger partial charge is 0.325 e. The maximum Gasteiger partial charge on any atom is 0.325 e. The molecule has 0 amide bonds. The molecule has 0 saturated carbocycles. The summed E-state index contributed by atoms with van der Waals surface area (Å²) in [7, 11) is 0. The summed E-state index contributed by atoms with van der Waals surface area (Å²) >= 11 is 0. The fraction of sp³-hybridized carbons (Fsp3) is 0.605. The summed E-state index contributed by atoms with van der Waals surface area (Å²) in [6.07, 6.45) is 35.4. The van der Waals surface area contributed by atoms with Gasteiger partial charge in [-0.25, -0.2) is 37.5 Å². The summed E-state index contributed by atoms with van der Waals surface area (Å²) in [6, 6.07) is 21.8. The molecule has 12 aliphatic heterocycles. The van der Waals surface area contributed by atoms with Crippen LogP contribution in [0.3, 0.4) is 0 Å². The Bertz CT molecular complexity index is 5340. The zero-order valence-corrected chi connectivity index (χ0v) is 86.5. The van der Waals surface area contributed by atoms with Crippen molar-refractivity contribution in [3.63, 3.8) is 0 Å². The van der Waals surface area contributed by atoms with Gasteiger partial charge in [0.15, 0.2) is 0 Å². The fourth-order valence-corrected chi connectivity index (χ4v) is 23.1. The van der Waals surface area contributed by atoms with E-state index in [1.807, 2.05) is 33.4 Å². The molecule has 31 nitrogen and oxygen atoms in total. The van der Waals surface area contributed by atoms with Gasteiger partial charge in [-0.15, -0.1) is 0 Å². The van der Waals surface area contributed by atoms with Crippen molar-refractivity contribution in [1.29, 1.82) is 0 Å². The van der Waals surface area contributed by atoms with Crippen LogP contribution < -0.4 is 21.3 Å². The third kappa shape index (κ3) is 30.4. The number of unbranched alkanes of at least 4 members (excludes halogenated alkanes) is 4. The Morgan fingerprint density at radius 1 is 0.362 bits per heavy atom. The Hall–Kier alpha value is -10.4. The Balaban J connectivity index is 0.000000135. The zero-order valence-electron chi connectivity index (χ0n) is 86.5. The van der Waals surface area contributed by atoms with Crippen LogP contribution in [-0.2, 0) is 108 Å². The van der Waals surface area contributed by atoms with Crippen LogP contribution in [-0.4, -0.2) is 254 Å². The highest BCUT2D eigenvalue weighted by Crippen LogP contribution is 2.46. The first-order chi connectivity index (χ1) is 72.5. The predicted molar refractivity (Wildman–Crippen MR) is 555 cm³/mol. The summed E-state index contributed by atoms with van der Waals surface area (Å²) in [5, 5.41) is 54.1. The number of rotatable bonds is 40. The van der Waals surface area contributed by atoms with E-state index in [2.05, 4.69) is 84.8 Å². The summed E-state index contributed by atoms with van der Waals surface area (Å²) in [5.41, 5.74) is 13.4. The number of hydrogen-bond donors (Lipinski definition) is 8. The molecule has 8 saturated heterocycles. The number of pyridine rings is 7. The highest BCUT2D eigenvalue weighted by molar-refractivity contribution is 5.78. The maximum absolute atomic E-state index is 14.3. The summed E-state index contributed by atoms with van der Waals surface area (Å²) < 4.78 is 105. The van der Waals surface area contributed by atoms with Crippen LogP contribution in [0, 0.1) is 23.3 Å². The van der Waals surface area contributed by atoms with Crippen LogP contribution in [0.4, 0.5) is 40.8 Å². The molecule has 12 atom stereocenters. The largest absolute Gasteiger partial charge is 0.480 e. The quantitative estimate of drug-likeness (QED) is 0.0131. The number of fused-ring (bicyclic) bond motifs is 4. The first-order valence-corrected chi connectivity index (χ1v) is 55.1. The van der Waals surface area contributed by atoms with Crippen LogP contribution in [0.5, 0.6) is 0 Å². The Morgan fingerprint density at radius 3 is 0.933 bits per heavy atom. The zero-order chi connectivity index (χ0) is 104. The second-order valence-electron chi connectivity index (χ2n) is 42.4. The van der Waals surface area contributed by atoms with Gasteiger partial charge < -0.3 is 79.6 Å². The SMILES string of the molecule is CC1(C)CCC(c2ccc(F)cc2[C@@H](C(=O)O)N2CC[C@@H](OCCCCc3ccc4c(n3)NCCC4)C2)O1.O=C(O)C(c1cc(F)cnc1[C@@H]1CCCCO1)N1CC[C@@H](OCCCCc2ccc3c(n2)NCCC3)C1.O=C(O)[C@@H](c1cc(F)cnc1[C@@H]1CCCCO1)N1CC[C@@H](OCCCCc2ccc3c(n2)NCCC3)C1.O=C(O)[C@@H](c1cc(F)cnc1[C@H]1CCCCO1)N1CC[C@@H](OCCCCc2ccc3c(n2)NCCC3)C1. The lowest BCUT2D eigenvalue weighted by Gasteiger charge is -2.29. The first-order valence-electron chi connectivity index (χ1n) is 55.1. The van der Waals surface area contributed by atoms with Gasteiger partial charge in [0.05, 0.1) is 90.1 Å². The number of aromatic nitrogens is 7. The highest BCUT2D eigenvalue weighted by atomic mass is 19.1. The van der Waals surface area contributed by atoms with E-state index < -0.39 is 71.3 Å². The number of carbonyl (C=O) groups is 4. The van der Waals surface area contributed by atoms with Crippen LogP contribution in [0.1, 0.15) is 326 Å². The molecule has 19 heterocycles. The Labute approximate surface area is 872 Å². The van der Waals surface area contributed by atoms with E-state index in [1.54, 1.807) is 6.07 Å². The van der Waals surface area contributed by atoms with Crippen molar-refractivity contribution in [1.82, 2.24) is 54.5 Å². The van der Waals surface area contributed by atoms with Crippen molar-refractivity contribution in [3.05, 3.63) is 217 Å². The third-order valence-electron chi connectivity index (χ3n) is 30.9. The average molecular weight is 2060 g/mol. The van der Waals surface area contributed by atoms with E-state index in [0.717, 1.165) is 321 Å². The number of aryl methyl sites for hydroxylation is 8. The number of nitrogens with zero attached hydrogens (tertiary/aromatic N) is 11. The first kappa shape index (κ1) is 110. The van der Waals surface area contributed by atoms with Gasteiger partial charge in [-0.05, 0) is 327 Å². The molecule has 806 valence electrons. The van der Waals surface area contributed by atoms with Gasteiger partial charge in [0, 0.05) is 164 Å². The number of ether oxygens (including phenoxy) is 8. The molecule has 0 bridgehead atoms. The van der Waals surface area contributed by atoms with Crippen molar-refractivity contribution in [2.75, 3.05) is 146 Å². The van der Waals surface area contributed by atoms with E-state index >= 15 is 0 Å². The van der Waals surface area contributed by atoms with Gasteiger partial charge in [0.2, 0.25) is 0 Å². The van der Waals surface area contributed by atoms with Gasteiger partial charge in [0.25, 0.3) is 0 Å². The molecule has 20 rings (SSSR count). The molecule has 7 aromatic heterocycles. The number of anilines is 4. The monoisotopic (exact) mass is 2060 g/mol. The number of halogens is 4. The number of carboxylic acid groups (broad SMARTS) is 4. The molecule has 8 N–H and O–H groups in total. The standard InChI is InChI=1S/C30H40FN3O4.3C28H37FN4O4/c1-30(2)14-12-26(38-30)24-11-9-21(31)18-25(24)27(29(35)36)34-16-13-23(19-34)37-17-4-3-7-22-10-8-20-6-5-15-32-28(20)33-22;3*29-20-16-23(25(31-17-20)24-8-2-4-15-37-24)26(28(34)35)33-13-11-22(18-33)36-14-3-1-7-21-10-9-19-6-5-12-30-27(19)32-21/h8-11,18,23,26-27H,3-7,12-17,19H2,1-2H3,(H,32,33)(H,35,36);3*9-10,16-17,22,24,26H,1-8,11-15,18H2,(H,30,32)(H,34,35)/t23-,26?,27+;22-,24+,26?;22-,24+,26-;22-,24-,26-/m1111/s1. The van der Waals surface area contributed by atoms with Crippen LogP contribution in [0.25, 0.3) is 0 Å². The fourth-order valence-electron chi connectivity index (χ4n) is 23.1. The lowest BCUT2D eigenvalue weighted by molar-refractivity contribution is -0.144. The summed E-state index contributed by atoms with van der Waals surface area (Å²) in [6.45, 7) is 16.7. The van der Waals surface area contributed by atoms with E-state index in [4.69, 9.17) is 57.8 Å². The Kier molecular flexibility index (Phi) is 39.9. The van der Waals surface area contributed by atoms with Crippen molar-refractivity contribution < 1.29 is 95.1 Å². The molecule has 0 spiro atoms. The molecular formula is C114H151F4N15O16. The van der Waals surface area contributed by atoms with Crippen LogP contribution in [0.15, 0.2) is 104 Å². The molecular weight excluding hydrogens is 1910 g/mol. The van der Waals surface area contributed by atoms with Crippen LogP contribution >= 0.6 is 0 Å². The van der Waals surface area contributed by atoms with Gasteiger partial charge >= 0.3 is 23.9 Å². The molecule has 35 heteroatoms. The predicted octanol–water partition coefficient (Wildman–Crippen LogP) is 18.8. The van der Waals surface area contributed by atoms with Gasteiger partial charge in [0.1, 0.15) is 70.7 Å². The lowest BCUT2D eigenvalue weighted by Crippen LogP contribution is -2.35. The topological polar surface area (TPSA) is 374 Å². The molecule has 0 aliphatic carbocycles. The molecule has 8 fully saturated rings. The van der Waals surface area contributed by atoms with E-state index in [0.29, 0.717) is 138 Å². The van der Waals surface area contributed by atoms with E-state index in [1.165, 1.54) is 52.6 Å². The lowest BCUT2D eigenvalue weighted by atomic mass is 9.93. The highest BCUT2D eigenvalue weighted by Gasteiger charge is 2.45. The number of carboxylic acids is 4. The minimum Gasteiger partial charge on any atom is -0.480 e. The average Bonchev–Trinajstić information content (AvgIpc) is 1.73. The van der Waals surface area contributed by atoms with E-state index in [9.17, 15) is 57.2 Å². The number of likely N-dealkylation sites (tertiary alicyclic amines) is 4. The molecule has 2 unspecified atom stereocenters. The minimum absolute atomic E-state index is 0.0263. The third-order valence-corrected chi connectivity index (χ3v) is 30.9.